The summed E-state index contributed by atoms with van der Waals surface area (Å²) in [6.45, 7) is 5.35. The van der Waals surface area contributed by atoms with Crippen LogP contribution >= 0.6 is 0 Å². The minimum atomic E-state index is -1.03. The Morgan fingerprint density at radius 3 is 2.91 bits per heavy atom. The summed E-state index contributed by atoms with van der Waals surface area (Å²) >= 11 is 0. The van der Waals surface area contributed by atoms with Gasteiger partial charge in [-0.25, -0.2) is 9.37 Å². The highest BCUT2D eigenvalue weighted by Crippen LogP contribution is 2.17. The number of hydrogen-bond donors (Lipinski definition) is 2. The normalized spacial score (nSPS) is 12.4. The second-order valence-electron chi connectivity index (χ2n) is 5.94. The molecule has 23 heavy (non-hydrogen) atoms. The van der Waals surface area contributed by atoms with Crippen LogP contribution < -0.4 is 5.32 Å². The van der Waals surface area contributed by atoms with Gasteiger partial charge >= 0.3 is 0 Å². The molecule has 0 aliphatic heterocycles. The maximum atomic E-state index is 13.1. The standard InChI is InChI=1S/C17H22FN3O2/c1-12(2)11-21-7-6-19-16(21)10-20-17(23)9-15(22)13-4-3-5-14(18)8-13/h3-8,12,15,22H,9-11H2,1-2H3,(H,20,23). The van der Waals surface area contributed by atoms with E-state index in [0.29, 0.717) is 18.0 Å². The second kappa shape index (κ2) is 7.87. The molecule has 0 aliphatic carbocycles. The molecule has 5 nitrogen and oxygen atoms in total. The van der Waals surface area contributed by atoms with Crippen LogP contribution in [0, 0.1) is 11.7 Å². The molecule has 6 heteroatoms. The summed E-state index contributed by atoms with van der Waals surface area (Å²) in [5, 5.41) is 12.7. The maximum absolute atomic E-state index is 13.1. The van der Waals surface area contributed by atoms with E-state index in [4.69, 9.17) is 0 Å². The molecule has 2 aromatic rings. The van der Waals surface area contributed by atoms with Crippen molar-refractivity contribution in [2.75, 3.05) is 0 Å². The summed E-state index contributed by atoms with van der Waals surface area (Å²) in [6.07, 6.45) is 2.43. The van der Waals surface area contributed by atoms with Crippen molar-refractivity contribution in [3.8, 4) is 0 Å². The van der Waals surface area contributed by atoms with Crippen molar-refractivity contribution < 1.29 is 14.3 Å². The van der Waals surface area contributed by atoms with E-state index in [-0.39, 0.29) is 12.3 Å². The molecule has 0 fully saturated rings. The van der Waals surface area contributed by atoms with Gasteiger partial charge in [-0.3, -0.25) is 4.79 Å². The molecule has 1 amide bonds. The average molecular weight is 319 g/mol. The van der Waals surface area contributed by atoms with Gasteiger partial charge in [-0.1, -0.05) is 26.0 Å². The Labute approximate surface area is 135 Å². The minimum Gasteiger partial charge on any atom is -0.388 e. The van der Waals surface area contributed by atoms with E-state index in [1.165, 1.54) is 18.2 Å². The van der Waals surface area contributed by atoms with Crippen molar-refractivity contribution in [1.82, 2.24) is 14.9 Å². The fraction of sp³-hybridized carbons (Fsp3) is 0.412. The molecule has 0 bridgehead atoms. The third-order valence-electron chi connectivity index (χ3n) is 3.42. The van der Waals surface area contributed by atoms with Gasteiger partial charge < -0.3 is 15.0 Å². The fourth-order valence-electron chi connectivity index (χ4n) is 2.32. The second-order valence-corrected chi connectivity index (χ2v) is 5.94. The molecule has 0 saturated heterocycles. The number of benzene rings is 1. The fourth-order valence-corrected chi connectivity index (χ4v) is 2.32. The highest BCUT2D eigenvalue weighted by molar-refractivity contribution is 5.76. The predicted molar refractivity (Wildman–Crippen MR) is 84.9 cm³/mol. The lowest BCUT2D eigenvalue weighted by Gasteiger charge is -2.13. The molecule has 2 N–H and O–H groups in total. The first kappa shape index (κ1) is 17.1. The molecule has 0 spiro atoms. The van der Waals surface area contributed by atoms with Crippen molar-refractivity contribution in [3.63, 3.8) is 0 Å². The van der Waals surface area contributed by atoms with Crippen LogP contribution in [0.15, 0.2) is 36.7 Å². The molecule has 1 aromatic carbocycles. The Balaban J connectivity index is 1.87. The van der Waals surface area contributed by atoms with Crippen LogP contribution in [-0.4, -0.2) is 20.6 Å². The Bertz CT molecular complexity index is 655. The monoisotopic (exact) mass is 319 g/mol. The summed E-state index contributed by atoms with van der Waals surface area (Å²) in [5.74, 6) is 0.513. The zero-order valence-corrected chi connectivity index (χ0v) is 13.4. The van der Waals surface area contributed by atoms with Crippen LogP contribution in [0.25, 0.3) is 0 Å². The number of rotatable bonds is 7. The van der Waals surface area contributed by atoms with E-state index >= 15 is 0 Å². The molecule has 1 heterocycles. The van der Waals surface area contributed by atoms with Crippen LogP contribution in [-0.2, 0) is 17.9 Å². The van der Waals surface area contributed by atoms with Crippen LogP contribution in [0.5, 0.6) is 0 Å². The van der Waals surface area contributed by atoms with Gasteiger partial charge in [-0.15, -0.1) is 0 Å². The molecule has 124 valence electrons. The Hall–Kier alpha value is -2.21. The van der Waals surface area contributed by atoms with Crippen molar-refractivity contribution >= 4 is 5.91 Å². The van der Waals surface area contributed by atoms with Crippen LogP contribution in [0.3, 0.4) is 0 Å². The third kappa shape index (κ3) is 5.17. The summed E-state index contributed by atoms with van der Waals surface area (Å²) in [6, 6.07) is 5.63. The molecule has 2 rings (SSSR count). The predicted octanol–water partition coefficient (Wildman–Crippen LogP) is 2.42. The SMILES string of the molecule is CC(C)Cn1ccnc1CNC(=O)CC(O)c1cccc(F)c1. The number of carbonyl (C=O) groups excluding carboxylic acids is 1. The van der Waals surface area contributed by atoms with Gasteiger partial charge in [0.2, 0.25) is 5.91 Å². The first-order valence-electron chi connectivity index (χ1n) is 7.66. The highest BCUT2D eigenvalue weighted by atomic mass is 19.1. The lowest BCUT2D eigenvalue weighted by atomic mass is 10.1. The quantitative estimate of drug-likeness (QED) is 0.823. The van der Waals surface area contributed by atoms with Gasteiger partial charge in [0.05, 0.1) is 19.1 Å². The van der Waals surface area contributed by atoms with Crippen molar-refractivity contribution in [3.05, 3.63) is 53.9 Å². The highest BCUT2D eigenvalue weighted by Gasteiger charge is 2.14. The smallest absolute Gasteiger partial charge is 0.223 e. The lowest BCUT2D eigenvalue weighted by molar-refractivity contribution is -0.123. The van der Waals surface area contributed by atoms with E-state index < -0.39 is 11.9 Å². The zero-order valence-electron chi connectivity index (χ0n) is 13.4. The molecule has 1 aromatic heterocycles. The number of hydrogen-bond acceptors (Lipinski definition) is 3. The first-order valence-corrected chi connectivity index (χ1v) is 7.66. The van der Waals surface area contributed by atoms with Crippen LogP contribution in [0.4, 0.5) is 4.39 Å². The molecular formula is C17H22FN3O2. The van der Waals surface area contributed by atoms with Gasteiger partial charge in [0.15, 0.2) is 0 Å². The van der Waals surface area contributed by atoms with E-state index in [1.54, 1.807) is 12.3 Å². The van der Waals surface area contributed by atoms with Gasteiger partial charge in [-0.05, 0) is 23.6 Å². The number of aliphatic hydroxyl groups excluding tert-OH is 1. The van der Waals surface area contributed by atoms with E-state index in [1.807, 2.05) is 10.8 Å². The van der Waals surface area contributed by atoms with Crippen molar-refractivity contribution in [1.29, 1.82) is 0 Å². The Kier molecular flexibility index (Phi) is 5.87. The van der Waals surface area contributed by atoms with Gasteiger partial charge in [-0.2, -0.15) is 0 Å². The van der Waals surface area contributed by atoms with Crippen molar-refractivity contribution in [2.45, 2.75) is 39.5 Å². The van der Waals surface area contributed by atoms with Crippen molar-refractivity contribution in [2.24, 2.45) is 5.92 Å². The number of imidazole rings is 1. The van der Waals surface area contributed by atoms with Gasteiger partial charge in [0.1, 0.15) is 11.6 Å². The number of halogens is 1. The number of nitrogens with one attached hydrogen (secondary N) is 1. The summed E-state index contributed by atoms with van der Waals surface area (Å²) in [7, 11) is 0. The molecule has 0 aliphatic rings. The van der Waals surface area contributed by atoms with E-state index in [2.05, 4.69) is 24.1 Å². The van der Waals surface area contributed by atoms with Gasteiger partial charge in [0, 0.05) is 18.9 Å². The van der Waals surface area contributed by atoms with E-state index in [9.17, 15) is 14.3 Å². The van der Waals surface area contributed by atoms with Crippen LogP contribution in [0.2, 0.25) is 0 Å². The maximum Gasteiger partial charge on any atom is 0.223 e. The number of aliphatic hydroxyl groups is 1. The summed E-state index contributed by atoms with van der Waals surface area (Å²) in [5.41, 5.74) is 0.390. The minimum absolute atomic E-state index is 0.117. The third-order valence-corrected chi connectivity index (χ3v) is 3.42. The number of aromatic nitrogens is 2. The first-order chi connectivity index (χ1) is 11.0. The number of amides is 1. The zero-order chi connectivity index (χ0) is 16.8. The van der Waals surface area contributed by atoms with Crippen LogP contribution in [0.1, 0.15) is 37.8 Å². The molecular weight excluding hydrogens is 297 g/mol. The number of nitrogens with zero attached hydrogens (tertiary/aromatic N) is 2. The van der Waals surface area contributed by atoms with Gasteiger partial charge in [0.25, 0.3) is 0 Å². The molecule has 0 radical (unpaired) electrons. The molecule has 1 atom stereocenters. The summed E-state index contributed by atoms with van der Waals surface area (Å²) in [4.78, 5) is 16.2. The Morgan fingerprint density at radius 2 is 2.22 bits per heavy atom. The topological polar surface area (TPSA) is 67.2 Å². The Morgan fingerprint density at radius 1 is 1.43 bits per heavy atom. The summed E-state index contributed by atoms with van der Waals surface area (Å²) < 4.78 is 15.1. The average Bonchev–Trinajstić information content (AvgIpc) is 2.91. The largest absolute Gasteiger partial charge is 0.388 e. The molecule has 1 unspecified atom stereocenters. The number of carbonyl (C=O) groups is 1. The van der Waals surface area contributed by atoms with E-state index in [0.717, 1.165) is 12.4 Å². The lowest BCUT2D eigenvalue weighted by Crippen LogP contribution is -2.26. The molecule has 0 saturated carbocycles.